The van der Waals surface area contributed by atoms with E-state index in [2.05, 4.69) is 18.2 Å². The smallest absolute Gasteiger partial charge is 0.127 e. The summed E-state index contributed by atoms with van der Waals surface area (Å²) in [6.45, 7) is 0.490. The highest BCUT2D eigenvalue weighted by Gasteiger charge is 2.07. The van der Waals surface area contributed by atoms with Gasteiger partial charge in [-0.2, -0.15) is 0 Å². The zero-order chi connectivity index (χ0) is 14.5. The van der Waals surface area contributed by atoms with E-state index in [0.717, 1.165) is 16.7 Å². The van der Waals surface area contributed by atoms with Gasteiger partial charge in [-0.1, -0.05) is 66.7 Å². The Morgan fingerprint density at radius 3 is 2.38 bits per heavy atom. The minimum Gasteiger partial charge on any atom is -0.493 e. The van der Waals surface area contributed by atoms with Gasteiger partial charge in [0.25, 0.3) is 0 Å². The monoisotopic (exact) mass is 278 g/mol. The number of aliphatic hydroxyl groups excluding tert-OH is 1. The van der Waals surface area contributed by atoms with Crippen molar-refractivity contribution in [1.82, 2.24) is 0 Å². The van der Waals surface area contributed by atoms with E-state index >= 15 is 0 Å². The van der Waals surface area contributed by atoms with Crippen molar-refractivity contribution in [2.45, 2.75) is 12.5 Å². The molecule has 0 aliphatic heterocycles. The Hall–Kier alpha value is -2.32. The van der Waals surface area contributed by atoms with Gasteiger partial charge in [0.15, 0.2) is 0 Å². The average Bonchev–Trinajstić information content (AvgIpc) is 2.56. The third-order valence-corrected chi connectivity index (χ3v) is 3.58. The molecular weight excluding hydrogens is 260 g/mol. The van der Waals surface area contributed by atoms with E-state index in [1.54, 1.807) is 0 Å². The van der Waals surface area contributed by atoms with Crippen LogP contribution in [0.4, 0.5) is 0 Å². The largest absolute Gasteiger partial charge is 0.493 e. The van der Waals surface area contributed by atoms with Crippen LogP contribution in [-0.2, 0) is 0 Å². The van der Waals surface area contributed by atoms with Crippen molar-refractivity contribution < 1.29 is 9.84 Å². The van der Waals surface area contributed by atoms with E-state index in [1.807, 2.05) is 54.6 Å². The van der Waals surface area contributed by atoms with E-state index in [0.29, 0.717) is 13.0 Å². The quantitative estimate of drug-likeness (QED) is 0.752. The number of benzene rings is 3. The molecule has 0 aliphatic carbocycles. The van der Waals surface area contributed by atoms with Gasteiger partial charge >= 0.3 is 0 Å². The molecule has 1 N–H and O–H groups in total. The lowest BCUT2D eigenvalue weighted by molar-refractivity contribution is 0.141. The topological polar surface area (TPSA) is 29.5 Å². The molecule has 0 amide bonds. The van der Waals surface area contributed by atoms with Crippen LogP contribution in [-0.4, -0.2) is 11.7 Å². The van der Waals surface area contributed by atoms with E-state index in [9.17, 15) is 5.11 Å². The molecule has 1 atom stereocenters. The fourth-order valence-corrected chi connectivity index (χ4v) is 2.44. The summed E-state index contributed by atoms with van der Waals surface area (Å²) in [5, 5.41) is 12.4. The minimum atomic E-state index is -0.485. The molecule has 3 rings (SSSR count). The first kappa shape index (κ1) is 13.7. The van der Waals surface area contributed by atoms with Crippen LogP contribution in [0.25, 0.3) is 10.8 Å². The van der Waals surface area contributed by atoms with Gasteiger partial charge in [-0.3, -0.25) is 0 Å². The fraction of sp³-hybridized carbons (Fsp3) is 0.158. The van der Waals surface area contributed by atoms with Gasteiger partial charge in [-0.25, -0.2) is 0 Å². The Balaban J connectivity index is 1.65. The van der Waals surface area contributed by atoms with Crippen molar-refractivity contribution in [3.63, 3.8) is 0 Å². The summed E-state index contributed by atoms with van der Waals surface area (Å²) in [4.78, 5) is 0. The number of rotatable bonds is 5. The predicted molar refractivity (Wildman–Crippen MR) is 85.5 cm³/mol. The lowest BCUT2D eigenvalue weighted by Gasteiger charge is -2.13. The van der Waals surface area contributed by atoms with Crippen molar-refractivity contribution in [2.24, 2.45) is 0 Å². The van der Waals surface area contributed by atoms with Gasteiger partial charge in [-0.05, 0) is 17.0 Å². The van der Waals surface area contributed by atoms with Crippen LogP contribution in [0, 0.1) is 0 Å². The molecule has 0 aromatic heterocycles. The first-order valence-electron chi connectivity index (χ1n) is 7.18. The summed E-state index contributed by atoms with van der Waals surface area (Å²) >= 11 is 0. The summed E-state index contributed by atoms with van der Waals surface area (Å²) in [7, 11) is 0. The van der Waals surface area contributed by atoms with Crippen molar-refractivity contribution in [2.75, 3.05) is 6.61 Å². The first-order chi connectivity index (χ1) is 10.3. The normalized spacial score (nSPS) is 12.2. The van der Waals surface area contributed by atoms with Crippen LogP contribution < -0.4 is 4.74 Å². The van der Waals surface area contributed by atoms with E-state index in [1.165, 1.54) is 5.39 Å². The summed E-state index contributed by atoms with van der Waals surface area (Å²) in [5.41, 5.74) is 0.930. The van der Waals surface area contributed by atoms with Crippen molar-refractivity contribution in [3.8, 4) is 5.75 Å². The van der Waals surface area contributed by atoms with Gasteiger partial charge in [0.05, 0.1) is 12.7 Å². The summed E-state index contributed by atoms with van der Waals surface area (Å²) in [6, 6.07) is 23.9. The molecule has 106 valence electrons. The van der Waals surface area contributed by atoms with Crippen molar-refractivity contribution in [3.05, 3.63) is 78.4 Å². The second-order valence-electron chi connectivity index (χ2n) is 5.04. The number of hydrogen-bond donors (Lipinski definition) is 1. The van der Waals surface area contributed by atoms with Crippen molar-refractivity contribution in [1.29, 1.82) is 0 Å². The Morgan fingerprint density at radius 1 is 0.810 bits per heavy atom. The maximum absolute atomic E-state index is 10.1. The standard InChI is InChI=1S/C19H18O2/c20-18(16-8-2-1-3-9-16)13-14-21-19-12-6-10-15-7-4-5-11-17(15)19/h1-12,18,20H,13-14H2/t18-/m0/s1. The van der Waals surface area contributed by atoms with Crippen LogP contribution in [0.2, 0.25) is 0 Å². The predicted octanol–water partition coefficient (Wildman–Crippen LogP) is 4.34. The second-order valence-corrected chi connectivity index (χ2v) is 5.04. The van der Waals surface area contributed by atoms with E-state index < -0.39 is 6.10 Å². The number of fused-ring (bicyclic) bond motifs is 1. The van der Waals surface area contributed by atoms with Gasteiger partial charge in [0.2, 0.25) is 0 Å². The van der Waals surface area contributed by atoms with Gasteiger partial charge in [-0.15, -0.1) is 0 Å². The molecule has 0 bridgehead atoms. The second kappa shape index (κ2) is 6.42. The molecule has 0 heterocycles. The Labute approximate surface area is 124 Å². The molecule has 21 heavy (non-hydrogen) atoms. The van der Waals surface area contributed by atoms with Crippen LogP contribution in [0.3, 0.4) is 0 Å². The molecule has 0 saturated heterocycles. The average molecular weight is 278 g/mol. The van der Waals surface area contributed by atoms with Gasteiger partial charge in [0, 0.05) is 11.8 Å². The van der Waals surface area contributed by atoms with Gasteiger partial charge < -0.3 is 9.84 Å². The Kier molecular flexibility index (Phi) is 4.17. The van der Waals surface area contributed by atoms with Crippen molar-refractivity contribution >= 4 is 10.8 Å². The number of hydrogen-bond acceptors (Lipinski definition) is 2. The minimum absolute atomic E-state index is 0.485. The molecule has 0 saturated carbocycles. The number of aliphatic hydroxyl groups is 1. The number of ether oxygens (including phenoxy) is 1. The molecule has 3 aromatic carbocycles. The molecule has 2 nitrogen and oxygen atoms in total. The molecule has 2 heteroatoms. The van der Waals surface area contributed by atoms with Gasteiger partial charge in [0.1, 0.15) is 5.75 Å². The highest BCUT2D eigenvalue weighted by atomic mass is 16.5. The SMILES string of the molecule is O[C@@H](CCOc1cccc2ccccc12)c1ccccc1. The van der Waals surface area contributed by atoms with E-state index in [-0.39, 0.29) is 0 Å². The first-order valence-corrected chi connectivity index (χ1v) is 7.18. The lowest BCUT2D eigenvalue weighted by Crippen LogP contribution is -2.05. The Morgan fingerprint density at radius 2 is 1.52 bits per heavy atom. The summed E-state index contributed by atoms with van der Waals surface area (Å²) in [5.74, 6) is 0.869. The van der Waals surface area contributed by atoms with Crippen LogP contribution in [0.5, 0.6) is 5.75 Å². The lowest BCUT2D eigenvalue weighted by atomic mass is 10.1. The third kappa shape index (κ3) is 3.23. The molecule has 0 fully saturated rings. The van der Waals surface area contributed by atoms with Crippen LogP contribution >= 0.6 is 0 Å². The summed E-state index contributed by atoms with van der Waals surface area (Å²) in [6.07, 6.45) is 0.0916. The Bertz CT molecular complexity index is 702. The summed E-state index contributed by atoms with van der Waals surface area (Å²) < 4.78 is 5.85. The van der Waals surface area contributed by atoms with Crippen LogP contribution in [0.1, 0.15) is 18.1 Å². The zero-order valence-electron chi connectivity index (χ0n) is 11.8. The fourth-order valence-electron chi connectivity index (χ4n) is 2.44. The molecule has 0 aliphatic rings. The van der Waals surface area contributed by atoms with E-state index in [4.69, 9.17) is 4.74 Å². The van der Waals surface area contributed by atoms with Crippen LogP contribution in [0.15, 0.2) is 72.8 Å². The molecule has 0 radical (unpaired) electrons. The third-order valence-electron chi connectivity index (χ3n) is 3.58. The molecular formula is C19H18O2. The highest BCUT2D eigenvalue weighted by Crippen LogP contribution is 2.26. The molecule has 0 unspecified atom stereocenters. The maximum atomic E-state index is 10.1. The molecule has 0 spiro atoms. The highest BCUT2D eigenvalue weighted by molar-refractivity contribution is 5.88. The maximum Gasteiger partial charge on any atom is 0.127 e. The molecule has 3 aromatic rings. The zero-order valence-corrected chi connectivity index (χ0v) is 11.8.